The molecule has 0 aliphatic carbocycles. The van der Waals surface area contributed by atoms with Gasteiger partial charge >= 0.3 is 0 Å². The number of rotatable bonds is 6. The van der Waals surface area contributed by atoms with Crippen LogP contribution in [0.4, 0.5) is 10.3 Å². The van der Waals surface area contributed by atoms with Crippen LogP contribution in [0.15, 0.2) is 30.6 Å². The molecule has 0 aromatic carbocycles. The third kappa shape index (κ3) is 3.31. The fourth-order valence-electron chi connectivity index (χ4n) is 3.83. The Kier molecular flexibility index (Phi) is 4.59. The molecule has 0 bridgehead atoms. The molecule has 4 aromatic heterocycles. The number of imidazole rings is 1. The Morgan fingerprint density at radius 3 is 3.03 bits per heavy atom. The standard InChI is InChI=1S/C20H22FN7O/c1-13-24-17-5-4-16(25-19(17)27(13)9-7-21)15-6-8-28-18(15)12-23-20(26-28)22-11-14-3-2-10-29-14/h4-6,8,12,14H,2-3,7,9-11H2,1H3,(H,22,26). The van der Waals surface area contributed by atoms with E-state index in [2.05, 4.69) is 20.4 Å². The van der Waals surface area contributed by atoms with E-state index < -0.39 is 6.67 Å². The summed E-state index contributed by atoms with van der Waals surface area (Å²) in [6, 6.07) is 5.81. The molecule has 1 N–H and O–H groups in total. The lowest BCUT2D eigenvalue weighted by molar-refractivity contribution is 0.120. The van der Waals surface area contributed by atoms with Crippen LogP contribution in [0.5, 0.6) is 0 Å². The summed E-state index contributed by atoms with van der Waals surface area (Å²) in [5, 5.41) is 7.79. The number of aromatic nitrogens is 6. The summed E-state index contributed by atoms with van der Waals surface area (Å²) in [7, 11) is 0. The summed E-state index contributed by atoms with van der Waals surface area (Å²) in [4.78, 5) is 13.7. The minimum Gasteiger partial charge on any atom is -0.376 e. The van der Waals surface area contributed by atoms with Crippen LogP contribution in [0.3, 0.4) is 0 Å². The molecule has 5 rings (SSSR count). The lowest BCUT2D eigenvalue weighted by Gasteiger charge is -2.10. The van der Waals surface area contributed by atoms with Crippen LogP contribution in [0.25, 0.3) is 27.9 Å². The van der Waals surface area contributed by atoms with Crippen molar-refractivity contribution in [2.24, 2.45) is 0 Å². The van der Waals surface area contributed by atoms with Gasteiger partial charge in [-0.25, -0.2) is 23.9 Å². The van der Waals surface area contributed by atoms with Gasteiger partial charge in [-0.15, -0.1) is 5.10 Å². The number of fused-ring (bicyclic) bond motifs is 2. The maximum Gasteiger partial charge on any atom is 0.241 e. The molecule has 0 radical (unpaired) electrons. The zero-order chi connectivity index (χ0) is 19.8. The SMILES string of the molecule is Cc1nc2ccc(-c3ccn4nc(NCC5CCCO5)ncc34)nc2n1CCF. The van der Waals surface area contributed by atoms with E-state index in [-0.39, 0.29) is 12.6 Å². The maximum atomic E-state index is 12.9. The summed E-state index contributed by atoms with van der Waals surface area (Å²) in [6.07, 6.45) is 6.07. The average molecular weight is 395 g/mol. The highest BCUT2D eigenvalue weighted by Crippen LogP contribution is 2.26. The van der Waals surface area contributed by atoms with Crippen LogP contribution in [0, 0.1) is 6.92 Å². The van der Waals surface area contributed by atoms with Gasteiger partial charge in [-0.05, 0) is 38.0 Å². The van der Waals surface area contributed by atoms with Crippen LogP contribution < -0.4 is 5.32 Å². The highest BCUT2D eigenvalue weighted by molar-refractivity contribution is 5.82. The van der Waals surface area contributed by atoms with Crippen molar-refractivity contribution >= 4 is 22.6 Å². The fraction of sp³-hybridized carbons (Fsp3) is 0.400. The molecule has 0 saturated carbocycles. The largest absolute Gasteiger partial charge is 0.376 e. The van der Waals surface area contributed by atoms with Crippen molar-refractivity contribution in [3.8, 4) is 11.3 Å². The summed E-state index contributed by atoms with van der Waals surface area (Å²) < 4.78 is 22.2. The van der Waals surface area contributed by atoms with E-state index >= 15 is 0 Å². The summed E-state index contributed by atoms with van der Waals surface area (Å²) in [6.45, 7) is 3.19. The second-order valence-corrected chi connectivity index (χ2v) is 7.20. The molecule has 1 fully saturated rings. The van der Waals surface area contributed by atoms with Gasteiger partial charge in [-0.3, -0.25) is 0 Å². The fourth-order valence-corrected chi connectivity index (χ4v) is 3.83. The third-order valence-corrected chi connectivity index (χ3v) is 5.30. The first-order valence-corrected chi connectivity index (χ1v) is 9.83. The zero-order valence-corrected chi connectivity index (χ0v) is 16.2. The Hall–Kier alpha value is -3.07. The van der Waals surface area contributed by atoms with E-state index in [9.17, 15) is 4.39 Å². The van der Waals surface area contributed by atoms with Crippen molar-refractivity contribution in [2.75, 3.05) is 25.1 Å². The van der Waals surface area contributed by atoms with Gasteiger partial charge in [-0.1, -0.05) is 0 Å². The van der Waals surface area contributed by atoms with Crippen LogP contribution in [-0.4, -0.2) is 55.1 Å². The molecule has 150 valence electrons. The molecular weight excluding hydrogens is 373 g/mol. The third-order valence-electron chi connectivity index (χ3n) is 5.30. The normalized spacial score (nSPS) is 16.8. The first-order valence-electron chi connectivity index (χ1n) is 9.83. The number of hydrogen-bond acceptors (Lipinski definition) is 6. The minimum absolute atomic E-state index is 0.225. The summed E-state index contributed by atoms with van der Waals surface area (Å²) in [5.74, 6) is 1.32. The predicted octanol–water partition coefficient (Wildman–Crippen LogP) is 3.01. The van der Waals surface area contributed by atoms with Gasteiger partial charge in [0.25, 0.3) is 0 Å². The molecule has 4 aromatic rings. The first kappa shape index (κ1) is 18.0. The molecular formula is C20H22FN7O. The van der Waals surface area contributed by atoms with Gasteiger partial charge in [0.15, 0.2) is 5.65 Å². The number of anilines is 1. The molecule has 0 spiro atoms. The van der Waals surface area contributed by atoms with Gasteiger partial charge in [0.1, 0.15) is 18.0 Å². The average Bonchev–Trinajstić information content (AvgIpc) is 3.46. The van der Waals surface area contributed by atoms with Crippen molar-refractivity contribution in [1.29, 1.82) is 0 Å². The number of hydrogen-bond donors (Lipinski definition) is 1. The Morgan fingerprint density at radius 2 is 2.21 bits per heavy atom. The number of nitrogens with zero attached hydrogens (tertiary/aromatic N) is 6. The number of ether oxygens (including phenoxy) is 1. The van der Waals surface area contributed by atoms with Crippen LogP contribution in [0.2, 0.25) is 0 Å². The van der Waals surface area contributed by atoms with Crippen molar-refractivity contribution in [3.63, 3.8) is 0 Å². The first-order chi connectivity index (χ1) is 14.2. The Morgan fingerprint density at radius 1 is 1.28 bits per heavy atom. The molecule has 1 aliphatic rings. The van der Waals surface area contributed by atoms with Gasteiger partial charge < -0.3 is 14.6 Å². The van der Waals surface area contributed by atoms with Crippen molar-refractivity contribution in [1.82, 2.24) is 29.1 Å². The second kappa shape index (κ2) is 7.40. The van der Waals surface area contributed by atoms with Crippen molar-refractivity contribution in [2.45, 2.75) is 32.4 Å². The smallest absolute Gasteiger partial charge is 0.241 e. The van der Waals surface area contributed by atoms with E-state index in [0.717, 1.165) is 47.6 Å². The van der Waals surface area contributed by atoms with Crippen LogP contribution in [-0.2, 0) is 11.3 Å². The molecule has 1 aliphatic heterocycles. The Labute approximate surface area is 166 Å². The quantitative estimate of drug-likeness (QED) is 0.540. The van der Waals surface area contributed by atoms with Crippen molar-refractivity contribution < 1.29 is 9.13 Å². The second-order valence-electron chi connectivity index (χ2n) is 7.20. The van der Waals surface area contributed by atoms with Gasteiger partial charge in [-0.2, -0.15) is 0 Å². The molecule has 1 unspecified atom stereocenters. The summed E-state index contributed by atoms with van der Waals surface area (Å²) >= 11 is 0. The topological polar surface area (TPSA) is 82.2 Å². The maximum absolute atomic E-state index is 12.9. The number of pyridine rings is 1. The Balaban J connectivity index is 1.46. The highest BCUT2D eigenvalue weighted by Gasteiger charge is 2.16. The van der Waals surface area contributed by atoms with E-state index in [1.807, 2.05) is 31.3 Å². The zero-order valence-electron chi connectivity index (χ0n) is 16.2. The number of nitrogens with one attached hydrogen (secondary N) is 1. The van der Waals surface area contributed by atoms with E-state index in [0.29, 0.717) is 18.1 Å². The molecule has 29 heavy (non-hydrogen) atoms. The van der Waals surface area contributed by atoms with Crippen LogP contribution >= 0.6 is 0 Å². The van der Waals surface area contributed by atoms with E-state index in [1.165, 1.54) is 0 Å². The Bertz CT molecular complexity index is 1160. The lowest BCUT2D eigenvalue weighted by atomic mass is 10.2. The van der Waals surface area contributed by atoms with E-state index in [1.54, 1.807) is 15.3 Å². The molecule has 5 heterocycles. The molecule has 8 nitrogen and oxygen atoms in total. The molecule has 9 heteroatoms. The molecule has 0 amide bonds. The monoisotopic (exact) mass is 395 g/mol. The van der Waals surface area contributed by atoms with Crippen molar-refractivity contribution in [3.05, 3.63) is 36.4 Å². The number of halogens is 1. The molecule has 1 saturated heterocycles. The highest BCUT2D eigenvalue weighted by atomic mass is 19.1. The number of alkyl halides is 1. The predicted molar refractivity (Wildman–Crippen MR) is 108 cm³/mol. The van der Waals surface area contributed by atoms with E-state index in [4.69, 9.17) is 9.72 Å². The van der Waals surface area contributed by atoms with Gasteiger partial charge in [0, 0.05) is 24.9 Å². The molecule has 1 atom stereocenters. The van der Waals surface area contributed by atoms with Gasteiger partial charge in [0.2, 0.25) is 5.95 Å². The summed E-state index contributed by atoms with van der Waals surface area (Å²) in [5.41, 5.74) is 4.01. The van der Waals surface area contributed by atoms with Gasteiger partial charge in [0.05, 0.1) is 30.1 Å². The van der Waals surface area contributed by atoms with Crippen LogP contribution in [0.1, 0.15) is 18.7 Å². The number of aryl methyl sites for hydroxylation is 2. The minimum atomic E-state index is -0.455. The lowest BCUT2D eigenvalue weighted by Crippen LogP contribution is -2.20.